The lowest BCUT2D eigenvalue weighted by molar-refractivity contribution is -0.227. The number of alkyl halides is 4. The fourth-order valence-corrected chi connectivity index (χ4v) is 3.05. The molecule has 3 unspecified atom stereocenters. The number of anilines is 1. The third kappa shape index (κ3) is 4.16. The number of nitrogens with two attached hydrogens (primary N) is 1. The molecule has 0 fully saturated rings. The van der Waals surface area contributed by atoms with Gasteiger partial charge in [-0.05, 0) is 37.3 Å². The minimum Gasteiger partial charge on any atom is -0.449 e. The van der Waals surface area contributed by atoms with Crippen molar-refractivity contribution in [3.05, 3.63) is 58.6 Å². The number of amidine groups is 1. The van der Waals surface area contributed by atoms with Crippen LogP contribution in [0.15, 0.2) is 41.5 Å². The molecule has 12 heteroatoms. The Morgan fingerprint density at radius 3 is 2.60 bits per heavy atom. The summed E-state index contributed by atoms with van der Waals surface area (Å²) in [4.78, 5) is 19.7. The molecule has 1 aliphatic rings. The highest BCUT2D eigenvalue weighted by Gasteiger charge is 2.58. The maximum atomic E-state index is 14.8. The van der Waals surface area contributed by atoms with Crippen LogP contribution in [-0.2, 0) is 10.3 Å². The molecule has 0 bridgehead atoms. The van der Waals surface area contributed by atoms with Crippen LogP contribution < -0.4 is 11.1 Å². The van der Waals surface area contributed by atoms with Gasteiger partial charge in [-0.2, -0.15) is 13.2 Å². The Morgan fingerprint density at radius 1 is 1.30 bits per heavy atom. The van der Waals surface area contributed by atoms with E-state index in [9.17, 15) is 26.7 Å². The molecule has 6 nitrogen and oxygen atoms in total. The van der Waals surface area contributed by atoms with Crippen molar-refractivity contribution < 1.29 is 31.5 Å². The van der Waals surface area contributed by atoms with Crippen LogP contribution in [0.3, 0.4) is 0 Å². The number of benzene rings is 1. The Bertz CT molecular complexity index is 999. The second-order valence-corrected chi connectivity index (χ2v) is 7.03. The molecule has 3 rings (SSSR count). The van der Waals surface area contributed by atoms with Crippen LogP contribution in [0.1, 0.15) is 23.0 Å². The van der Waals surface area contributed by atoms with Gasteiger partial charge in [-0.3, -0.25) is 4.79 Å². The molecule has 160 valence electrons. The fourth-order valence-electron chi connectivity index (χ4n) is 2.94. The van der Waals surface area contributed by atoms with Gasteiger partial charge in [-0.1, -0.05) is 11.6 Å². The van der Waals surface area contributed by atoms with Crippen LogP contribution in [0.25, 0.3) is 0 Å². The zero-order chi connectivity index (χ0) is 22.3. The number of nitrogens with zero attached hydrogens (tertiary/aromatic N) is 2. The predicted molar refractivity (Wildman–Crippen MR) is 98.4 cm³/mol. The van der Waals surface area contributed by atoms with Gasteiger partial charge in [0.05, 0.1) is 5.02 Å². The first-order chi connectivity index (χ1) is 13.9. The number of hydrogen-bond donors (Lipinski definition) is 2. The minimum absolute atomic E-state index is 0.0228. The quantitative estimate of drug-likeness (QED) is 0.696. The number of nitrogens with one attached hydrogen (secondary N) is 1. The third-order valence-electron chi connectivity index (χ3n) is 4.45. The monoisotopic (exact) mass is 448 g/mol. The van der Waals surface area contributed by atoms with Gasteiger partial charge in [-0.25, -0.2) is 18.8 Å². The van der Waals surface area contributed by atoms with Gasteiger partial charge in [-0.15, -0.1) is 0 Å². The van der Waals surface area contributed by atoms with E-state index in [1.165, 1.54) is 18.3 Å². The van der Waals surface area contributed by atoms with Crippen molar-refractivity contribution in [1.82, 2.24) is 4.98 Å². The second-order valence-electron chi connectivity index (χ2n) is 6.59. The fraction of sp³-hybridized carbons (Fsp3) is 0.278. The number of carbonyl (C=O) groups excluding carboxylic acids is 1. The van der Waals surface area contributed by atoms with Crippen molar-refractivity contribution in [1.29, 1.82) is 0 Å². The van der Waals surface area contributed by atoms with E-state index in [-0.39, 0.29) is 11.4 Å². The average molecular weight is 449 g/mol. The van der Waals surface area contributed by atoms with E-state index in [2.05, 4.69) is 20.0 Å². The van der Waals surface area contributed by atoms with Crippen LogP contribution in [0.2, 0.25) is 5.02 Å². The second kappa shape index (κ2) is 7.71. The van der Waals surface area contributed by atoms with Gasteiger partial charge in [0.1, 0.15) is 17.1 Å². The zero-order valence-electron chi connectivity index (χ0n) is 15.2. The van der Waals surface area contributed by atoms with Gasteiger partial charge in [0.25, 0.3) is 11.9 Å². The summed E-state index contributed by atoms with van der Waals surface area (Å²) >= 11 is 5.70. The molecule has 2 heterocycles. The molecule has 0 saturated heterocycles. The van der Waals surface area contributed by atoms with E-state index in [1.54, 1.807) is 0 Å². The number of aliphatic imine (C=N–C) groups is 1. The largest absolute Gasteiger partial charge is 0.449 e. The lowest BCUT2D eigenvalue weighted by Gasteiger charge is -2.39. The zero-order valence-corrected chi connectivity index (χ0v) is 15.9. The first-order valence-corrected chi connectivity index (χ1v) is 8.75. The van der Waals surface area contributed by atoms with E-state index in [0.717, 1.165) is 25.1 Å². The van der Waals surface area contributed by atoms with E-state index >= 15 is 0 Å². The Kier molecular flexibility index (Phi) is 5.59. The predicted octanol–water partition coefficient (Wildman–Crippen LogP) is 3.96. The molecule has 0 radical (unpaired) electrons. The van der Waals surface area contributed by atoms with Gasteiger partial charge >= 0.3 is 6.18 Å². The Labute approximate surface area is 171 Å². The summed E-state index contributed by atoms with van der Waals surface area (Å²) in [6.07, 6.45) is -9.61. The number of aromatic nitrogens is 1. The van der Waals surface area contributed by atoms with Crippen LogP contribution in [0.5, 0.6) is 0 Å². The average Bonchev–Trinajstić information content (AvgIpc) is 2.65. The normalized spacial score (nSPS) is 24.0. The third-order valence-corrected chi connectivity index (χ3v) is 4.67. The topological polar surface area (TPSA) is 89.6 Å². The number of pyridine rings is 1. The molecular weight excluding hydrogens is 435 g/mol. The summed E-state index contributed by atoms with van der Waals surface area (Å²) in [5, 5.41) is 2.70. The van der Waals surface area contributed by atoms with Crippen molar-refractivity contribution in [2.75, 3.05) is 5.32 Å². The molecule has 1 aromatic carbocycles. The minimum atomic E-state index is -5.11. The van der Waals surface area contributed by atoms with Gasteiger partial charge in [0.15, 0.2) is 6.17 Å². The Morgan fingerprint density at radius 2 is 2.00 bits per heavy atom. The first kappa shape index (κ1) is 21.8. The number of hydrogen-bond acceptors (Lipinski definition) is 5. The molecular formula is C18H14ClF5N4O2. The van der Waals surface area contributed by atoms with Gasteiger partial charge in [0, 0.05) is 17.4 Å². The van der Waals surface area contributed by atoms with E-state index < -0.39 is 47.3 Å². The summed E-state index contributed by atoms with van der Waals surface area (Å²) in [6, 6.07) is 4.81. The van der Waals surface area contributed by atoms with E-state index in [0.29, 0.717) is 5.02 Å². The molecule has 30 heavy (non-hydrogen) atoms. The lowest BCUT2D eigenvalue weighted by Crippen LogP contribution is -2.55. The van der Waals surface area contributed by atoms with E-state index in [1.807, 2.05) is 0 Å². The van der Waals surface area contributed by atoms with E-state index in [4.69, 9.17) is 17.3 Å². The molecule has 0 spiro atoms. The number of halogens is 6. The Hall–Kier alpha value is -2.95. The van der Waals surface area contributed by atoms with Crippen LogP contribution in [-0.4, -0.2) is 35.4 Å². The van der Waals surface area contributed by atoms with Crippen LogP contribution in [0, 0.1) is 5.82 Å². The molecule has 1 aliphatic heterocycles. The van der Waals surface area contributed by atoms with Crippen molar-refractivity contribution in [2.45, 2.75) is 30.9 Å². The highest BCUT2D eigenvalue weighted by molar-refractivity contribution is 6.30. The summed E-state index contributed by atoms with van der Waals surface area (Å²) < 4.78 is 73.1. The summed E-state index contributed by atoms with van der Waals surface area (Å²) in [6.45, 7) is 0.955. The number of amides is 1. The molecule has 0 saturated carbocycles. The standard InChI is InChI=1S/C18H14ClF5N4O2/c1-17(13(21)14(18(22,23)24)30-16(25)28-17)10-6-9(3-4-11(10)20)27-15(29)12-5-2-8(19)7-26-12/h2-7,13-14H,1H3,(H2,25,28)(H,27,29). The van der Waals surface area contributed by atoms with Crippen LogP contribution in [0.4, 0.5) is 27.6 Å². The highest BCUT2D eigenvalue weighted by Crippen LogP contribution is 2.43. The van der Waals surface area contributed by atoms with Gasteiger partial charge in [0.2, 0.25) is 6.10 Å². The van der Waals surface area contributed by atoms with Gasteiger partial charge < -0.3 is 15.8 Å². The van der Waals surface area contributed by atoms with Crippen molar-refractivity contribution >= 4 is 29.2 Å². The maximum Gasteiger partial charge on any atom is 0.428 e. The molecule has 3 N–H and O–H groups in total. The molecule has 1 aromatic heterocycles. The number of rotatable bonds is 3. The lowest BCUT2D eigenvalue weighted by atomic mass is 9.83. The van der Waals surface area contributed by atoms with Crippen LogP contribution >= 0.6 is 11.6 Å². The number of ether oxygens (including phenoxy) is 1. The summed E-state index contributed by atoms with van der Waals surface area (Å²) in [5.41, 5.74) is 2.36. The number of carbonyl (C=O) groups is 1. The van der Waals surface area contributed by atoms with Crippen molar-refractivity contribution in [2.24, 2.45) is 10.7 Å². The van der Waals surface area contributed by atoms with Crippen molar-refractivity contribution in [3.8, 4) is 0 Å². The first-order valence-electron chi connectivity index (χ1n) is 8.37. The maximum absolute atomic E-state index is 14.8. The molecule has 1 amide bonds. The smallest absolute Gasteiger partial charge is 0.428 e. The highest BCUT2D eigenvalue weighted by atomic mass is 35.5. The van der Waals surface area contributed by atoms with Crippen molar-refractivity contribution in [3.63, 3.8) is 0 Å². The SMILES string of the molecule is CC1(c2cc(NC(=O)c3ccc(Cl)cn3)ccc2F)N=C(N)OC(C(F)(F)F)C1F. The summed E-state index contributed by atoms with van der Waals surface area (Å²) in [5.74, 6) is -1.74. The molecule has 2 aromatic rings. The Balaban J connectivity index is 1.97. The molecule has 3 atom stereocenters. The summed E-state index contributed by atoms with van der Waals surface area (Å²) in [7, 11) is 0. The molecule has 0 aliphatic carbocycles.